The zero-order chi connectivity index (χ0) is 10.4. The fourth-order valence-electron chi connectivity index (χ4n) is 1.11. The van der Waals surface area contributed by atoms with Crippen LogP contribution >= 0.6 is 0 Å². The summed E-state index contributed by atoms with van der Waals surface area (Å²) in [6.45, 7) is 2.45. The Hall–Kier alpha value is -1.38. The van der Waals surface area contributed by atoms with Crippen molar-refractivity contribution in [2.24, 2.45) is 0 Å². The monoisotopic (exact) mass is 195 g/mol. The second-order valence-corrected chi connectivity index (χ2v) is 3.06. The Balaban J connectivity index is 2.57. The molecule has 0 aromatic heterocycles. The van der Waals surface area contributed by atoms with Crippen LogP contribution in [0.25, 0.3) is 0 Å². The van der Waals surface area contributed by atoms with E-state index in [4.69, 9.17) is 0 Å². The summed E-state index contributed by atoms with van der Waals surface area (Å²) in [5, 5.41) is 2.52. The molecule has 0 heterocycles. The van der Waals surface area contributed by atoms with Crippen LogP contribution < -0.4 is 5.32 Å². The summed E-state index contributed by atoms with van der Waals surface area (Å²) in [6.07, 6.45) is -0.740. The summed E-state index contributed by atoms with van der Waals surface area (Å²) in [5.41, 5.74) is 0.404. The van der Waals surface area contributed by atoms with Crippen LogP contribution in [0.5, 0.6) is 0 Å². The Kier molecular flexibility index (Phi) is 4.11. The molecule has 0 radical (unpaired) electrons. The molecule has 0 spiro atoms. The zero-order valence-electron chi connectivity index (χ0n) is 8.16. The summed E-state index contributed by atoms with van der Waals surface area (Å²) >= 11 is 0. The lowest BCUT2D eigenvalue weighted by molar-refractivity contribution is -0.126. The smallest absolute Gasteiger partial charge is 0.259 e. The van der Waals surface area contributed by atoms with E-state index in [1.807, 2.05) is 6.92 Å². The minimum absolute atomic E-state index is 0.404. The van der Waals surface area contributed by atoms with Gasteiger partial charge < -0.3 is 5.32 Å². The van der Waals surface area contributed by atoms with E-state index in [1.54, 1.807) is 30.3 Å². The maximum atomic E-state index is 13.4. The van der Waals surface area contributed by atoms with E-state index in [9.17, 15) is 9.18 Å². The molecule has 0 saturated carbocycles. The van der Waals surface area contributed by atoms with Crippen molar-refractivity contribution in [2.75, 3.05) is 6.54 Å². The van der Waals surface area contributed by atoms with Crippen LogP contribution in [0.1, 0.15) is 25.1 Å². The highest BCUT2D eigenvalue weighted by atomic mass is 19.1. The van der Waals surface area contributed by atoms with E-state index in [1.165, 1.54) is 0 Å². The molecule has 1 aromatic rings. The zero-order valence-corrected chi connectivity index (χ0v) is 8.16. The molecule has 1 N–H and O–H groups in total. The molecule has 0 aliphatic heterocycles. The average Bonchev–Trinajstić information content (AvgIpc) is 2.26. The Morgan fingerprint density at radius 3 is 2.64 bits per heavy atom. The van der Waals surface area contributed by atoms with Crippen LogP contribution in [0, 0.1) is 0 Å². The average molecular weight is 195 g/mol. The van der Waals surface area contributed by atoms with Gasteiger partial charge in [0.15, 0.2) is 0 Å². The van der Waals surface area contributed by atoms with Gasteiger partial charge in [-0.3, -0.25) is 4.79 Å². The second kappa shape index (κ2) is 5.37. The predicted octanol–water partition coefficient (Wildman–Crippen LogP) is 2.22. The van der Waals surface area contributed by atoms with E-state index in [0.29, 0.717) is 12.1 Å². The molecule has 0 fully saturated rings. The fourth-order valence-corrected chi connectivity index (χ4v) is 1.11. The first kappa shape index (κ1) is 10.7. The number of nitrogens with one attached hydrogen (secondary N) is 1. The third-order valence-electron chi connectivity index (χ3n) is 1.87. The molecule has 14 heavy (non-hydrogen) atoms. The molecule has 3 heteroatoms. The summed E-state index contributed by atoms with van der Waals surface area (Å²) in [5.74, 6) is -0.557. The Bertz CT molecular complexity index is 287. The number of benzene rings is 1. The van der Waals surface area contributed by atoms with E-state index < -0.39 is 12.1 Å². The van der Waals surface area contributed by atoms with Gasteiger partial charge in [-0.15, -0.1) is 0 Å². The van der Waals surface area contributed by atoms with Gasteiger partial charge in [-0.25, -0.2) is 4.39 Å². The van der Waals surface area contributed by atoms with Crippen molar-refractivity contribution < 1.29 is 9.18 Å². The molecule has 0 aliphatic carbocycles. The van der Waals surface area contributed by atoms with E-state index in [-0.39, 0.29) is 0 Å². The van der Waals surface area contributed by atoms with Crippen molar-refractivity contribution in [3.63, 3.8) is 0 Å². The lowest BCUT2D eigenvalue weighted by Crippen LogP contribution is -2.27. The van der Waals surface area contributed by atoms with Gasteiger partial charge in [-0.05, 0) is 12.0 Å². The number of hydrogen-bond acceptors (Lipinski definition) is 1. The number of carbonyl (C=O) groups is 1. The summed E-state index contributed by atoms with van der Waals surface area (Å²) in [4.78, 5) is 11.2. The van der Waals surface area contributed by atoms with Crippen molar-refractivity contribution in [2.45, 2.75) is 19.5 Å². The number of carbonyl (C=O) groups excluding carboxylic acids is 1. The largest absolute Gasteiger partial charge is 0.353 e. The molecule has 1 unspecified atom stereocenters. The molecule has 1 atom stereocenters. The normalized spacial score (nSPS) is 12.1. The SMILES string of the molecule is CCCNC(=O)C(F)c1ccccc1. The number of alkyl halides is 1. The lowest BCUT2D eigenvalue weighted by atomic mass is 10.1. The molecule has 0 saturated heterocycles. The van der Waals surface area contributed by atoms with Crippen molar-refractivity contribution in [3.05, 3.63) is 35.9 Å². The third-order valence-corrected chi connectivity index (χ3v) is 1.87. The standard InChI is InChI=1S/C11H14FNO/c1-2-8-13-11(14)10(12)9-6-4-3-5-7-9/h3-7,10H,2,8H2,1H3,(H,13,14). The molecule has 1 rings (SSSR count). The Labute approximate surface area is 83.1 Å². The molecular formula is C11H14FNO. The van der Waals surface area contributed by atoms with Crippen molar-refractivity contribution >= 4 is 5.91 Å². The molecule has 0 aliphatic rings. The maximum absolute atomic E-state index is 13.4. The minimum atomic E-state index is -1.55. The van der Waals surface area contributed by atoms with E-state index in [0.717, 1.165) is 6.42 Å². The Morgan fingerprint density at radius 1 is 1.43 bits per heavy atom. The first-order valence-electron chi connectivity index (χ1n) is 4.72. The van der Waals surface area contributed by atoms with Crippen LogP contribution in [-0.2, 0) is 4.79 Å². The quantitative estimate of drug-likeness (QED) is 0.784. The van der Waals surface area contributed by atoms with E-state index in [2.05, 4.69) is 5.32 Å². The lowest BCUT2D eigenvalue weighted by Gasteiger charge is -2.08. The molecular weight excluding hydrogens is 181 g/mol. The highest BCUT2D eigenvalue weighted by molar-refractivity contribution is 5.81. The molecule has 1 amide bonds. The van der Waals surface area contributed by atoms with Gasteiger partial charge in [0.05, 0.1) is 0 Å². The first-order valence-corrected chi connectivity index (χ1v) is 4.72. The van der Waals surface area contributed by atoms with Crippen LogP contribution in [0.2, 0.25) is 0 Å². The molecule has 1 aromatic carbocycles. The van der Waals surface area contributed by atoms with E-state index >= 15 is 0 Å². The highest BCUT2D eigenvalue weighted by Crippen LogP contribution is 2.16. The van der Waals surface area contributed by atoms with Crippen molar-refractivity contribution in [1.29, 1.82) is 0 Å². The minimum Gasteiger partial charge on any atom is -0.353 e. The van der Waals surface area contributed by atoms with Crippen LogP contribution in [0.15, 0.2) is 30.3 Å². The molecule has 2 nitrogen and oxygen atoms in total. The topological polar surface area (TPSA) is 29.1 Å². The highest BCUT2D eigenvalue weighted by Gasteiger charge is 2.17. The van der Waals surface area contributed by atoms with Crippen LogP contribution in [-0.4, -0.2) is 12.5 Å². The third kappa shape index (κ3) is 2.83. The Morgan fingerprint density at radius 2 is 2.07 bits per heavy atom. The predicted molar refractivity (Wildman–Crippen MR) is 53.6 cm³/mol. The van der Waals surface area contributed by atoms with Gasteiger partial charge in [-0.2, -0.15) is 0 Å². The molecule has 0 bridgehead atoms. The maximum Gasteiger partial charge on any atom is 0.259 e. The summed E-state index contributed by atoms with van der Waals surface area (Å²) in [6, 6.07) is 8.44. The van der Waals surface area contributed by atoms with Gasteiger partial charge in [-0.1, -0.05) is 37.3 Å². The van der Waals surface area contributed by atoms with Gasteiger partial charge in [0.2, 0.25) is 6.17 Å². The van der Waals surface area contributed by atoms with Crippen molar-refractivity contribution in [1.82, 2.24) is 5.32 Å². The van der Waals surface area contributed by atoms with Crippen LogP contribution in [0.4, 0.5) is 4.39 Å². The van der Waals surface area contributed by atoms with Gasteiger partial charge in [0, 0.05) is 6.54 Å². The number of amides is 1. The molecule has 76 valence electrons. The van der Waals surface area contributed by atoms with Gasteiger partial charge >= 0.3 is 0 Å². The number of hydrogen-bond donors (Lipinski definition) is 1. The summed E-state index contributed by atoms with van der Waals surface area (Å²) in [7, 11) is 0. The van der Waals surface area contributed by atoms with Gasteiger partial charge in [0.25, 0.3) is 5.91 Å². The van der Waals surface area contributed by atoms with Crippen LogP contribution in [0.3, 0.4) is 0 Å². The fraction of sp³-hybridized carbons (Fsp3) is 0.364. The van der Waals surface area contributed by atoms with Gasteiger partial charge in [0.1, 0.15) is 0 Å². The summed E-state index contributed by atoms with van der Waals surface area (Å²) < 4.78 is 13.4. The first-order chi connectivity index (χ1) is 6.75. The number of halogens is 1. The van der Waals surface area contributed by atoms with Crippen molar-refractivity contribution in [3.8, 4) is 0 Å². The number of rotatable bonds is 4. The second-order valence-electron chi connectivity index (χ2n) is 3.06.